The van der Waals surface area contributed by atoms with E-state index in [0.717, 1.165) is 26.6 Å². The van der Waals surface area contributed by atoms with Gasteiger partial charge in [0.2, 0.25) is 11.8 Å². The molecule has 2 amide bonds. The molecule has 5 aromatic rings. The lowest BCUT2D eigenvalue weighted by atomic mass is 10.0. The second-order valence-electron chi connectivity index (χ2n) is 11.8. The molecule has 0 heterocycles. The predicted molar refractivity (Wildman–Crippen MR) is 193 cm³/mol. The molecule has 9 heteroatoms. The SMILES string of the molecule is CCNC(=O)C(Cc1ccccc1)N(Cc1ccccc1C)C(=O)CN(c1ccc(Oc2ccccc2)cc1)S(=O)(=O)c1ccc(C)cc1. The van der Waals surface area contributed by atoms with Crippen LogP contribution in [0.5, 0.6) is 11.5 Å². The summed E-state index contributed by atoms with van der Waals surface area (Å²) in [5, 5.41) is 2.90. The second-order valence-corrected chi connectivity index (χ2v) is 13.6. The zero-order chi connectivity index (χ0) is 34.8. The molecule has 49 heavy (non-hydrogen) atoms. The van der Waals surface area contributed by atoms with Crippen molar-refractivity contribution < 1.29 is 22.7 Å². The molecule has 8 nitrogen and oxygen atoms in total. The normalized spacial score (nSPS) is 11.7. The summed E-state index contributed by atoms with van der Waals surface area (Å²) >= 11 is 0. The van der Waals surface area contributed by atoms with E-state index in [0.29, 0.717) is 18.0 Å². The molecular formula is C40H41N3O5S. The minimum atomic E-state index is -4.22. The first-order valence-corrected chi connectivity index (χ1v) is 17.7. The smallest absolute Gasteiger partial charge is 0.264 e. The van der Waals surface area contributed by atoms with E-state index in [9.17, 15) is 18.0 Å². The highest BCUT2D eigenvalue weighted by Gasteiger charge is 2.34. The van der Waals surface area contributed by atoms with Crippen molar-refractivity contribution in [2.24, 2.45) is 0 Å². The number of likely N-dealkylation sites (N-methyl/N-ethyl adjacent to an activating group) is 1. The number of hydrogen-bond donors (Lipinski definition) is 1. The van der Waals surface area contributed by atoms with Gasteiger partial charge < -0.3 is 15.0 Å². The first-order chi connectivity index (χ1) is 23.7. The Morgan fingerprint density at radius 2 is 1.33 bits per heavy atom. The Bertz CT molecular complexity index is 1950. The summed E-state index contributed by atoms with van der Waals surface area (Å²) in [6.07, 6.45) is 0.251. The number of nitrogens with zero attached hydrogens (tertiary/aromatic N) is 2. The van der Waals surface area contributed by atoms with Gasteiger partial charge in [-0.3, -0.25) is 13.9 Å². The molecule has 0 aliphatic rings. The van der Waals surface area contributed by atoms with Crippen molar-refractivity contribution >= 4 is 27.5 Å². The van der Waals surface area contributed by atoms with E-state index < -0.39 is 28.5 Å². The molecule has 252 valence electrons. The lowest BCUT2D eigenvalue weighted by Gasteiger charge is -2.34. The Hall–Kier alpha value is -5.41. The number of benzene rings is 5. The molecule has 0 spiro atoms. The molecule has 0 fully saturated rings. The number of hydrogen-bond acceptors (Lipinski definition) is 5. The molecule has 5 rings (SSSR count). The van der Waals surface area contributed by atoms with Gasteiger partial charge in [0.25, 0.3) is 10.0 Å². The van der Waals surface area contributed by atoms with Crippen LogP contribution in [0.2, 0.25) is 0 Å². The monoisotopic (exact) mass is 675 g/mol. The standard InChI is InChI=1S/C40H41N3O5S/c1-4-41-40(45)38(27-32-14-7-5-8-15-32)42(28-33-16-12-11-13-31(33)3)39(44)29-43(49(46,47)37-25-19-30(2)20-26-37)34-21-23-36(24-22-34)48-35-17-9-6-10-18-35/h5-26,38H,4,27-29H2,1-3H3,(H,41,45). The van der Waals surface area contributed by atoms with Crippen molar-refractivity contribution in [1.29, 1.82) is 0 Å². The lowest BCUT2D eigenvalue weighted by Crippen LogP contribution is -2.53. The summed E-state index contributed by atoms with van der Waals surface area (Å²) in [6, 6.07) is 38.6. The third-order valence-corrected chi connectivity index (χ3v) is 10.0. The van der Waals surface area contributed by atoms with E-state index in [-0.39, 0.29) is 29.5 Å². The number of carbonyl (C=O) groups excluding carboxylic acids is 2. The van der Waals surface area contributed by atoms with Gasteiger partial charge in [0.05, 0.1) is 10.6 Å². The van der Waals surface area contributed by atoms with Crippen molar-refractivity contribution in [2.75, 3.05) is 17.4 Å². The Labute approximate surface area is 289 Å². The van der Waals surface area contributed by atoms with E-state index in [1.165, 1.54) is 17.0 Å². The van der Waals surface area contributed by atoms with Gasteiger partial charge in [-0.25, -0.2) is 8.42 Å². The maximum atomic E-state index is 14.6. The van der Waals surface area contributed by atoms with Crippen LogP contribution < -0.4 is 14.4 Å². The lowest BCUT2D eigenvalue weighted by molar-refractivity contribution is -0.140. The quantitative estimate of drug-likeness (QED) is 0.136. The van der Waals surface area contributed by atoms with Gasteiger partial charge in [-0.2, -0.15) is 0 Å². The molecule has 1 unspecified atom stereocenters. The van der Waals surface area contributed by atoms with Gasteiger partial charge in [0.1, 0.15) is 24.1 Å². The maximum absolute atomic E-state index is 14.6. The minimum absolute atomic E-state index is 0.0468. The molecule has 0 saturated heterocycles. The summed E-state index contributed by atoms with van der Waals surface area (Å²) in [4.78, 5) is 29.9. The Balaban J connectivity index is 1.56. The van der Waals surface area contributed by atoms with Crippen molar-refractivity contribution in [3.63, 3.8) is 0 Å². The number of amides is 2. The average molecular weight is 676 g/mol. The van der Waals surface area contributed by atoms with Gasteiger partial charge in [-0.15, -0.1) is 0 Å². The molecule has 5 aromatic carbocycles. The molecule has 1 N–H and O–H groups in total. The number of anilines is 1. The highest BCUT2D eigenvalue weighted by molar-refractivity contribution is 7.92. The van der Waals surface area contributed by atoms with Crippen molar-refractivity contribution in [3.8, 4) is 11.5 Å². The molecule has 0 aromatic heterocycles. The summed E-state index contributed by atoms with van der Waals surface area (Å²) < 4.78 is 35.7. The summed E-state index contributed by atoms with van der Waals surface area (Å²) in [5.41, 5.74) is 3.86. The summed E-state index contributed by atoms with van der Waals surface area (Å²) in [7, 11) is -4.22. The number of rotatable bonds is 14. The molecular weight excluding hydrogens is 635 g/mol. The molecule has 0 radical (unpaired) electrons. The molecule has 0 saturated carbocycles. The third-order valence-electron chi connectivity index (χ3n) is 8.22. The zero-order valence-corrected chi connectivity index (χ0v) is 28.8. The van der Waals surface area contributed by atoms with E-state index in [1.807, 2.05) is 106 Å². The van der Waals surface area contributed by atoms with E-state index in [1.54, 1.807) is 36.4 Å². The second kappa shape index (κ2) is 16.1. The van der Waals surface area contributed by atoms with Gasteiger partial charge in [-0.05, 0) is 86.0 Å². The summed E-state index contributed by atoms with van der Waals surface area (Å²) in [5.74, 6) is 0.310. The third kappa shape index (κ3) is 8.94. The van der Waals surface area contributed by atoms with Crippen LogP contribution in [0.15, 0.2) is 138 Å². The van der Waals surface area contributed by atoms with Crippen LogP contribution >= 0.6 is 0 Å². The van der Waals surface area contributed by atoms with Gasteiger partial charge >= 0.3 is 0 Å². The number of para-hydroxylation sites is 1. The van der Waals surface area contributed by atoms with E-state index >= 15 is 0 Å². The van der Waals surface area contributed by atoms with E-state index in [4.69, 9.17) is 4.74 Å². The fourth-order valence-electron chi connectivity index (χ4n) is 5.49. The Morgan fingerprint density at radius 1 is 0.735 bits per heavy atom. The highest BCUT2D eigenvalue weighted by Crippen LogP contribution is 2.29. The van der Waals surface area contributed by atoms with Gasteiger partial charge in [-0.1, -0.05) is 90.5 Å². The first-order valence-electron chi connectivity index (χ1n) is 16.2. The topological polar surface area (TPSA) is 96.0 Å². The van der Waals surface area contributed by atoms with Crippen LogP contribution in [0.1, 0.15) is 29.2 Å². The highest BCUT2D eigenvalue weighted by atomic mass is 32.2. The van der Waals surface area contributed by atoms with E-state index in [2.05, 4.69) is 5.32 Å². The van der Waals surface area contributed by atoms with Gasteiger partial charge in [0.15, 0.2) is 0 Å². The van der Waals surface area contributed by atoms with Crippen molar-refractivity contribution in [1.82, 2.24) is 10.2 Å². The molecule has 1 atom stereocenters. The Morgan fingerprint density at radius 3 is 1.96 bits per heavy atom. The van der Waals surface area contributed by atoms with Crippen molar-refractivity contribution in [3.05, 3.63) is 156 Å². The molecule has 0 bridgehead atoms. The number of aryl methyl sites for hydroxylation is 2. The fraction of sp³-hybridized carbons (Fsp3) is 0.200. The maximum Gasteiger partial charge on any atom is 0.264 e. The number of carbonyl (C=O) groups is 2. The first kappa shape index (κ1) is 34.9. The van der Waals surface area contributed by atoms with Crippen LogP contribution in [0.3, 0.4) is 0 Å². The Kier molecular flexibility index (Phi) is 11.5. The average Bonchev–Trinajstić information content (AvgIpc) is 3.11. The van der Waals surface area contributed by atoms with Crippen LogP contribution in [0.4, 0.5) is 5.69 Å². The van der Waals surface area contributed by atoms with Crippen molar-refractivity contribution in [2.45, 2.75) is 44.7 Å². The van der Waals surface area contributed by atoms with Crippen LogP contribution in [0.25, 0.3) is 0 Å². The van der Waals surface area contributed by atoms with Gasteiger partial charge in [0, 0.05) is 19.5 Å². The molecule has 0 aliphatic heterocycles. The van der Waals surface area contributed by atoms with Crippen LogP contribution in [-0.4, -0.2) is 44.3 Å². The number of nitrogens with one attached hydrogen (secondary N) is 1. The number of ether oxygens (including phenoxy) is 1. The minimum Gasteiger partial charge on any atom is -0.457 e. The largest absolute Gasteiger partial charge is 0.457 e. The predicted octanol–water partition coefficient (Wildman–Crippen LogP) is 7.07. The van der Waals surface area contributed by atoms with Crippen LogP contribution in [0, 0.1) is 13.8 Å². The van der Waals surface area contributed by atoms with Crippen LogP contribution in [-0.2, 0) is 32.6 Å². The number of sulfonamides is 1. The molecule has 0 aliphatic carbocycles. The summed E-state index contributed by atoms with van der Waals surface area (Å²) in [6.45, 7) is 5.60. The zero-order valence-electron chi connectivity index (χ0n) is 28.0. The fourth-order valence-corrected chi connectivity index (χ4v) is 6.90.